The van der Waals surface area contributed by atoms with Crippen molar-refractivity contribution in [3.63, 3.8) is 0 Å². The summed E-state index contributed by atoms with van der Waals surface area (Å²) < 4.78 is 5.32. The van der Waals surface area contributed by atoms with Crippen LogP contribution in [0, 0.1) is 0 Å². The van der Waals surface area contributed by atoms with Gasteiger partial charge < -0.3 is 20.7 Å². The number of piperazine rings is 1. The van der Waals surface area contributed by atoms with Crippen molar-refractivity contribution in [2.75, 3.05) is 39.8 Å². The van der Waals surface area contributed by atoms with E-state index >= 15 is 0 Å². The van der Waals surface area contributed by atoms with Gasteiger partial charge in [-0.15, -0.1) is 11.3 Å². The highest BCUT2D eigenvalue weighted by Crippen LogP contribution is 2.23. The third-order valence-electron chi connectivity index (χ3n) is 6.94. The van der Waals surface area contributed by atoms with Gasteiger partial charge in [0.2, 0.25) is 11.8 Å². The fraction of sp³-hybridized carbons (Fsp3) is 0.682. The van der Waals surface area contributed by atoms with E-state index in [9.17, 15) is 19.2 Å². The van der Waals surface area contributed by atoms with Crippen molar-refractivity contribution in [1.82, 2.24) is 30.3 Å². The summed E-state index contributed by atoms with van der Waals surface area (Å²) in [6.45, 7) is 4.70. The number of ether oxygens (including phenoxy) is 1. The summed E-state index contributed by atoms with van der Waals surface area (Å²) in [6.07, 6.45) is 0.0759. The minimum atomic E-state index is -0.931. The van der Waals surface area contributed by atoms with Crippen LogP contribution in [0.2, 0.25) is 0 Å². The fourth-order valence-corrected chi connectivity index (χ4v) is 5.51. The molecule has 5 atom stereocenters. The lowest BCUT2D eigenvalue weighted by Gasteiger charge is -2.36. The van der Waals surface area contributed by atoms with Gasteiger partial charge in [-0.25, -0.2) is 9.78 Å². The first-order chi connectivity index (χ1) is 16.8. The van der Waals surface area contributed by atoms with Gasteiger partial charge >= 0.3 is 6.09 Å². The Morgan fingerprint density at radius 3 is 2.86 bits per heavy atom. The van der Waals surface area contributed by atoms with Crippen LogP contribution in [0.25, 0.3) is 0 Å². The topological polar surface area (TPSA) is 150 Å². The molecule has 3 aliphatic rings. The summed E-state index contributed by atoms with van der Waals surface area (Å²) in [6, 6.07) is -2.52. The predicted molar refractivity (Wildman–Crippen MR) is 127 cm³/mol. The van der Waals surface area contributed by atoms with Crippen molar-refractivity contribution in [3.8, 4) is 0 Å². The molecular weight excluding hydrogens is 474 g/mol. The second-order valence-corrected chi connectivity index (χ2v) is 10.1. The summed E-state index contributed by atoms with van der Waals surface area (Å²) in [7, 11) is 1.97. The Hall–Kier alpha value is -2.61. The first-order valence-corrected chi connectivity index (χ1v) is 12.9. The lowest BCUT2D eigenvalue weighted by molar-refractivity contribution is -0.142. The van der Waals surface area contributed by atoms with Gasteiger partial charge in [0, 0.05) is 50.6 Å². The van der Waals surface area contributed by atoms with Gasteiger partial charge in [-0.05, 0) is 26.8 Å². The van der Waals surface area contributed by atoms with E-state index in [0.29, 0.717) is 32.5 Å². The molecule has 3 saturated heterocycles. The van der Waals surface area contributed by atoms with Crippen LogP contribution < -0.4 is 16.4 Å². The van der Waals surface area contributed by atoms with Crippen LogP contribution in [0.4, 0.5) is 4.79 Å². The van der Waals surface area contributed by atoms with Gasteiger partial charge in [0.05, 0.1) is 17.2 Å². The summed E-state index contributed by atoms with van der Waals surface area (Å²) in [5.74, 6) is -1.51. The Balaban J connectivity index is 1.38. The number of nitrogens with zero attached hydrogens (tertiary/aromatic N) is 4. The van der Waals surface area contributed by atoms with Crippen molar-refractivity contribution >= 4 is 35.2 Å². The average molecular weight is 508 g/mol. The number of rotatable bonds is 7. The highest BCUT2D eigenvalue weighted by Gasteiger charge is 2.46. The number of nitrogens with one attached hydrogen (secondary N) is 2. The molecule has 0 radical (unpaired) electrons. The number of likely N-dealkylation sites (tertiary alicyclic amines) is 1. The second kappa shape index (κ2) is 11.0. The second-order valence-electron chi connectivity index (χ2n) is 9.36. The summed E-state index contributed by atoms with van der Waals surface area (Å²) in [4.78, 5) is 60.8. The maximum absolute atomic E-state index is 13.2. The number of thiazole rings is 1. The molecule has 4 N–H and O–H groups in total. The van der Waals surface area contributed by atoms with Crippen molar-refractivity contribution in [2.45, 2.75) is 56.5 Å². The van der Waals surface area contributed by atoms with Gasteiger partial charge in [0.15, 0.2) is 6.04 Å². The molecule has 0 aliphatic carbocycles. The Labute approximate surface area is 208 Å². The summed E-state index contributed by atoms with van der Waals surface area (Å²) in [5.41, 5.74) is 8.51. The summed E-state index contributed by atoms with van der Waals surface area (Å²) in [5, 5.41) is 7.56. The largest absolute Gasteiger partial charge is 0.444 e. The van der Waals surface area contributed by atoms with E-state index < -0.39 is 42.1 Å². The smallest absolute Gasteiger partial charge is 0.410 e. The minimum Gasteiger partial charge on any atom is -0.444 e. The molecule has 4 rings (SSSR count). The SMILES string of the molecule is C[C@@H]1OC(=O)N(CC2CNCCN2C)[C@@H]1C(=O)NC(=O)[C@@H]1CCCN1C(=O)[C@@H](N)Cc1cscn1. The number of hydrogen-bond acceptors (Lipinski definition) is 10. The number of amides is 4. The molecule has 192 valence electrons. The first-order valence-electron chi connectivity index (χ1n) is 11.9. The standard InChI is InChI=1S/C22H33N7O5S/c1-13-18(29(22(33)34-13)10-15-9-24-5-7-27(15)2)20(31)26-19(30)17-4-3-6-28(17)21(32)16(23)8-14-11-35-12-25-14/h11-13,15-18,24H,3-10,23H2,1-2H3,(H,26,30,31)/t13-,15?,16-,17-,18-/m0/s1. The quantitative estimate of drug-likeness (QED) is 0.385. The zero-order chi connectivity index (χ0) is 25.1. The number of nitrogens with two attached hydrogens (primary N) is 1. The third-order valence-corrected chi connectivity index (χ3v) is 7.57. The van der Waals surface area contributed by atoms with Crippen LogP contribution in [0.5, 0.6) is 0 Å². The van der Waals surface area contributed by atoms with Crippen LogP contribution in [0.15, 0.2) is 10.9 Å². The van der Waals surface area contributed by atoms with E-state index in [0.717, 1.165) is 18.8 Å². The molecule has 0 bridgehead atoms. The molecular formula is C22H33N7O5S. The average Bonchev–Trinajstić information content (AvgIpc) is 3.56. The lowest BCUT2D eigenvalue weighted by atomic mass is 10.1. The van der Waals surface area contributed by atoms with Gasteiger partial charge in [-0.2, -0.15) is 0 Å². The minimum absolute atomic E-state index is 0.0229. The number of carbonyl (C=O) groups excluding carboxylic acids is 4. The first kappa shape index (κ1) is 25.5. The Bertz CT molecular complexity index is 945. The van der Waals surface area contributed by atoms with Crippen molar-refractivity contribution in [2.24, 2.45) is 5.73 Å². The van der Waals surface area contributed by atoms with Crippen LogP contribution in [-0.4, -0.2) is 114 Å². The maximum atomic E-state index is 13.2. The molecule has 1 aromatic rings. The van der Waals surface area contributed by atoms with Gasteiger partial charge in [-0.1, -0.05) is 0 Å². The lowest BCUT2D eigenvalue weighted by Crippen LogP contribution is -2.59. The Morgan fingerprint density at radius 1 is 1.34 bits per heavy atom. The Kier molecular flexibility index (Phi) is 7.99. The molecule has 4 heterocycles. The monoisotopic (exact) mass is 507 g/mol. The molecule has 3 aliphatic heterocycles. The van der Waals surface area contributed by atoms with Gasteiger partial charge in [0.1, 0.15) is 12.1 Å². The molecule has 1 aromatic heterocycles. The number of likely N-dealkylation sites (N-methyl/N-ethyl adjacent to an activating group) is 1. The highest BCUT2D eigenvalue weighted by atomic mass is 32.1. The van der Waals surface area contributed by atoms with E-state index in [-0.39, 0.29) is 18.4 Å². The number of imide groups is 1. The number of hydrogen-bond donors (Lipinski definition) is 3. The van der Waals surface area contributed by atoms with E-state index in [1.54, 1.807) is 12.4 Å². The third kappa shape index (κ3) is 5.63. The van der Waals surface area contributed by atoms with Gasteiger partial charge in [-0.3, -0.25) is 29.5 Å². The molecule has 12 nitrogen and oxygen atoms in total. The molecule has 1 unspecified atom stereocenters. The molecule has 35 heavy (non-hydrogen) atoms. The van der Waals surface area contributed by atoms with Crippen molar-refractivity contribution in [1.29, 1.82) is 0 Å². The van der Waals surface area contributed by atoms with Crippen LogP contribution in [-0.2, 0) is 25.5 Å². The zero-order valence-electron chi connectivity index (χ0n) is 20.0. The predicted octanol–water partition coefficient (Wildman–Crippen LogP) is -1.24. The van der Waals surface area contributed by atoms with E-state index in [1.165, 1.54) is 21.1 Å². The van der Waals surface area contributed by atoms with Crippen molar-refractivity contribution < 1.29 is 23.9 Å². The zero-order valence-corrected chi connectivity index (χ0v) is 20.8. The number of carbonyl (C=O) groups is 4. The molecule has 13 heteroatoms. The molecule has 0 saturated carbocycles. The van der Waals surface area contributed by atoms with Crippen LogP contribution in [0.3, 0.4) is 0 Å². The van der Waals surface area contributed by atoms with Gasteiger partial charge in [0.25, 0.3) is 5.91 Å². The molecule has 0 spiro atoms. The molecule has 0 aromatic carbocycles. The van der Waals surface area contributed by atoms with E-state index in [1.807, 2.05) is 12.4 Å². The molecule has 4 amide bonds. The van der Waals surface area contributed by atoms with E-state index in [4.69, 9.17) is 10.5 Å². The Morgan fingerprint density at radius 2 is 2.14 bits per heavy atom. The normalized spacial score (nSPS) is 28.1. The number of cyclic esters (lactones) is 1. The molecule has 3 fully saturated rings. The number of aromatic nitrogens is 1. The highest BCUT2D eigenvalue weighted by molar-refractivity contribution is 7.07. The van der Waals surface area contributed by atoms with E-state index in [2.05, 4.69) is 20.5 Å². The van der Waals surface area contributed by atoms with Crippen molar-refractivity contribution in [3.05, 3.63) is 16.6 Å². The maximum Gasteiger partial charge on any atom is 0.410 e. The summed E-state index contributed by atoms with van der Waals surface area (Å²) >= 11 is 1.42. The van der Waals surface area contributed by atoms with Crippen LogP contribution in [0.1, 0.15) is 25.5 Å². The van der Waals surface area contributed by atoms with Crippen LogP contribution >= 0.6 is 11.3 Å². The fourth-order valence-electron chi connectivity index (χ4n) is 4.94.